The molecule has 0 aliphatic carbocycles. The molecule has 0 aliphatic heterocycles. The molecule has 0 saturated heterocycles. The lowest BCUT2D eigenvalue weighted by atomic mass is 10.1. The summed E-state index contributed by atoms with van der Waals surface area (Å²) in [6, 6.07) is 13.1. The van der Waals surface area contributed by atoms with Gasteiger partial charge in [0.15, 0.2) is 18.8 Å². The van der Waals surface area contributed by atoms with E-state index in [2.05, 4.69) is 34.6 Å². The van der Waals surface area contributed by atoms with E-state index in [1.807, 2.05) is 24.3 Å². The lowest BCUT2D eigenvalue weighted by Crippen LogP contribution is -3.00. The maximum absolute atomic E-state index is 12.4. The van der Waals surface area contributed by atoms with Gasteiger partial charge in [0.25, 0.3) is 5.91 Å². The van der Waals surface area contributed by atoms with Crippen LogP contribution in [0.4, 0.5) is 5.69 Å². The first-order chi connectivity index (χ1) is 18.5. The minimum atomic E-state index is -0.219. The van der Waals surface area contributed by atoms with Gasteiger partial charge in [0.1, 0.15) is 11.5 Å². The molecule has 0 bridgehead atoms. The Morgan fingerprint density at radius 2 is 1.59 bits per heavy atom. The first kappa shape index (κ1) is 33.1. The third kappa shape index (κ3) is 12.7. The van der Waals surface area contributed by atoms with Gasteiger partial charge in [-0.1, -0.05) is 99.8 Å². The lowest BCUT2D eigenvalue weighted by molar-refractivity contribution is -0.689. The summed E-state index contributed by atoms with van der Waals surface area (Å²) in [5, 5.41) is 5.56. The molecule has 1 N–H and O–H groups in total. The highest BCUT2D eigenvalue weighted by Gasteiger charge is 2.10. The molecule has 0 aliphatic rings. The minimum absolute atomic E-state index is 0. The van der Waals surface area contributed by atoms with Crippen molar-refractivity contribution < 1.29 is 35.8 Å². The second kappa shape index (κ2) is 19.1. The van der Waals surface area contributed by atoms with Gasteiger partial charge in [0.2, 0.25) is 5.51 Å². The number of aromatic nitrogens is 1. The Morgan fingerprint density at radius 1 is 0.923 bits per heavy atom. The summed E-state index contributed by atoms with van der Waals surface area (Å²) in [7, 11) is 0. The largest absolute Gasteiger partial charge is 1.00 e. The number of hydrogen-bond acceptors (Lipinski definition) is 4. The van der Waals surface area contributed by atoms with E-state index in [1.54, 1.807) is 29.5 Å². The highest BCUT2D eigenvalue weighted by molar-refractivity contribution is 7.07. The van der Waals surface area contributed by atoms with Gasteiger partial charge < -0.3 is 31.8 Å². The van der Waals surface area contributed by atoms with Crippen molar-refractivity contribution in [3.05, 3.63) is 69.6 Å². The molecule has 1 aromatic heterocycles. The van der Waals surface area contributed by atoms with Crippen LogP contribution in [0.2, 0.25) is 5.02 Å². The number of ether oxygens (including phenoxy) is 2. The second-order valence-electron chi connectivity index (χ2n) is 9.79. The Labute approximate surface area is 253 Å². The van der Waals surface area contributed by atoms with Crippen molar-refractivity contribution in [3.63, 3.8) is 0 Å². The summed E-state index contributed by atoms with van der Waals surface area (Å²) in [5.74, 6) is 0.930. The summed E-state index contributed by atoms with van der Waals surface area (Å²) >= 11 is 7.99. The number of rotatable bonds is 18. The van der Waals surface area contributed by atoms with Crippen LogP contribution in [0, 0.1) is 6.92 Å². The van der Waals surface area contributed by atoms with E-state index in [0.717, 1.165) is 25.1 Å². The number of halogens is 2. The van der Waals surface area contributed by atoms with Crippen LogP contribution in [0.15, 0.2) is 53.4 Å². The van der Waals surface area contributed by atoms with Crippen molar-refractivity contribution in [3.8, 4) is 11.5 Å². The maximum Gasteiger partial charge on any atom is 0.262 e. The zero-order valence-corrected chi connectivity index (χ0v) is 26.4. The van der Waals surface area contributed by atoms with E-state index in [-0.39, 0.29) is 29.5 Å². The van der Waals surface area contributed by atoms with Crippen molar-refractivity contribution in [2.24, 2.45) is 0 Å². The number of anilines is 1. The van der Waals surface area contributed by atoms with Gasteiger partial charge in [-0.05, 0) is 30.7 Å². The van der Waals surface area contributed by atoms with Crippen molar-refractivity contribution >= 4 is 34.5 Å². The number of carbonyl (C=O) groups excluding carboxylic acids is 1. The summed E-state index contributed by atoms with van der Waals surface area (Å²) in [6.45, 7) is 5.70. The molecule has 1 heterocycles. The fourth-order valence-corrected chi connectivity index (χ4v) is 5.16. The lowest BCUT2D eigenvalue weighted by Gasteiger charge is -2.11. The van der Waals surface area contributed by atoms with Gasteiger partial charge >= 0.3 is 0 Å². The van der Waals surface area contributed by atoms with Crippen molar-refractivity contribution in [2.45, 2.75) is 84.6 Å². The number of hydrogen-bond donors (Lipinski definition) is 1. The third-order valence-electron chi connectivity index (χ3n) is 6.50. The van der Waals surface area contributed by atoms with Crippen LogP contribution in [0.3, 0.4) is 0 Å². The quantitative estimate of drug-likeness (QED) is 0.151. The molecule has 3 aromatic rings. The predicted molar refractivity (Wildman–Crippen MR) is 158 cm³/mol. The fourth-order valence-electron chi connectivity index (χ4n) is 4.21. The van der Waals surface area contributed by atoms with E-state index in [9.17, 15) is 4.79 Å². The Kier molecular flexibility index (Phi) is 16.2. The summed E-state index contributed by atoms with van der Waals surface area (Å²) in [5.41, 5.74) is 5.26. The van der Waals surface area contributed by atoms with Crippen LogP contribution in [0.25, 0.3) is 0 Å². The Balaban J connectivity index is 0.00000533. The molecular weight excluding hydrogens is 596 g/mol. The summed E-state index contributed by atoms with van der Waals surface area (Å²) in [6.07, 6.45) is 12.8. The second-order valence-corrected chi connectivity index (χ2v) is 10.9. The summed E-state index contributed by atoms with van der Waals surface area (Å²) in [4.78, 5) is 12.4. The van der Waals surface area contributed by atoms with Crippen LogP contribution in [-0.4, -0.2) is 19.1 Å². The number of aryl methyl sites for hydroxylation is 1. The Bertz CT molecular complexity index is 1110. The average molecular weight is 638 g/mol. The van der Waals surface area contributed by atoms with Crippen LogP contribution < -0.4 is 36.3 Å². The molecule has 0 spiro atoms. The highest BCUT2D eigenvalue weighted by Crippen LogP contribution is 2.29. The first-order valence-electron chi connectivity index (χ1n) is 13.9. The number of nitrogens with one attached hydrogen (secondary N) is 1. The predicted octanol–water partition coefficient (Wildman–Crippen LogP) is 5.37. The molecular formula is C31H42BrClN2O3S. The number of benzene rings is 2. The smallest absolute Gasteiger partial charge is 0.262 e. The molecule has 214 valence electrons. The average Bonchev–Trinajstić information content (AvgIpc) is 3.32. The summed E-state index contributed by atoms with van der Waals surface area (Å²) < 4.78 is 13.8. The number of nitrogens with zero attached hydrogens (tertiary/aromatic N) is 1. The number of thiazole rings is 1. The monoisotopic (exact) mass is 636 g/mol. The third-order valence-corrected chi connectivity index (χ3v) is 7.66. The van der Waals surface area contributed by atoms with Crippen molar-refractivity contribution in [1.82, 2.24) is 0 Å². The van der Waals surface area contributed by atoms with E-state index in [0.29, 0.717) is 23.1 Å². The number of unbranched alkanes of at least 4 members (excludes halogenated alkanes) is 9. The molecule has 3 rings (SSSR count). The van der Waals surface area contributed by atoms with Crippen molar-refractivity contribution in [2.75, 3.05) is 18.5 Å². The normalized spacial score (nSPS) is 10.6. The van der Waals surface area contributed by atoms with Crippen LogP contribution in [-0.2, 0) is 11.3 Å². The molecule has 5 nitrogen and oxygen atoms in total. The zero-order chi connectivity index (χ0) is 27.0. The van der Waals surface area contributed by atoms with Gasteiger partial charge in [0, 0.05) is 24.2 Å². The van der Waals surface area contributed by atoms with Crippen LogP contribution in [0.5, 0.6) is 11.5 Å². The molecule has 0 unspecified atom stereocenters. The van der Waals surface area contributed by atoms with Gasteiger partial charge in [-0.3, -0.25) is 4.79 Å². The van der Waals surface area contributed by atoms with Crippen LogP contribution >= 0.6 is 22.9 Å². The first-order valence-corrected chi connectivity index (χ1v) is 15.2. The molecule has 0 atom stereocenters. The number of carbonyl (C=O) groups is 1. The molecule has 0 fully saturated rings. The molecule has 39 heavy (non-hydrogen) atoms. The number of amides is 1. The minimum Gasteiger partial charge on any atom is -1.00 e. The van der Waals surface area contributed by atoms with Crippen molar-refractivity contribution in [1.29, 1.82) is 0 Å². The molecule has 0 saturated carbocycles. The zero-order valence-electron chi connectivity index (χ0n) is 23.2. The SMILES string of the molecule is CCCCCCCCCCCCOc1cc(OCC(=O)Nc2ccc(C[n+]3cscc3C)cc2)ccc1Cl.[Br-]. The molecule has 2 aromatic carbocycles. The Hall–Kier alpha value is -2.09. The Morgan fingerprint density at radius 3 is 2.23 bits per heavy atom. The van der Waals surface area contributed by atoms with E-state index < -0.39 is 0 Å². The van der Waals surface area contributed by atoms with E-state index >= 15 is 0 Å². The van der Waals surface area contributed by atoms with Crippen LogP contribution in [0.1, 0.15) is 82.4 Å². The molecule has 0 radical (unpaired) electrons. The van der Waals surface area contributed by atoms with Gasteiger partial charge in [-0.25, -0.2) is 0 Å². The molecule has 8 heteroatoms. The van der Waals surface area contributed by atoms with Gasteiger partial charge in [-0.15, -0.1) is 0 Å². The van der Waals surface area contributed by atoms with E-state index in [1.165, 1.54) is 62.6 Å². The van der Waals surface area contributed by atoms with Gasteiger partial charge in [-0.2, -0.15) is 4.57 Å². The fraction of sp³-hybridized carbons (Fsp3) is 0.484. The molecule has 1 amide bonds. The van der Waals surface area contributed by atoms with Gasteiger partial charge in [0.05, 0.1) is 17.0 Å². The topological polar surface area (TPSA) is 51.4 Å². The highest BCUT2D eigenvalue weighted by atomic mass is 79.9. The standard InChI is InChI=1S/C31H41ClN2O3S.BrH/c1-3-4-5-6-7-8-9-10-11-12-19-36-30-20-28(17-18-29(30)32)37-22-31(35)33-27-15-13-26(14-16-27)21-34-24-38-23-25(34)2;/h13-18,20,23-24H,3-12,19,21-22H2,1-2H3;1H. The van der Waals surface area contributed by atoms with E-state index in [4.69, 9.17) is 21.1 Å². The maximum atomic E-state index is 12.4.